The van der Waals surface area contributed by atoms with Gasteiger partial charge in [0.15, 0.2) is 5.84 Å². The Bertz CT molecular complexity index is 540. The van der Waals surface area contributed by atoms with Gasteiger partial charge in [0.25, 0.3) is 0 Å². The van der Waals surface area contributed by atoms with Crippen LogP contribution in [0.3, 0.4) is 0 Å². The van der Waals surface area contributed by atoms with Crippen molar-refractivity contribution in [2.75, 3.05) is 18.4 Å². The first-order chi connectivity index (χ1) is 10.1. The number of nitrogens with one attached hydrogen (secondary N) is 1. The molecule has 1 aliphatic heterocycles. The number of hydrogen-bond donors (Lipinski definition) is 3. The monoisotopic (exact) mass is 294 g/mol. The summed E-state index contributed by atoms with van der Waals surface area (Å²) < 4.78 is 13.8. The minimum Gasteiger partial charge on any atom is -0.409 e. The van der Waals surface area contributed by atoms with Gasteiger partial charge in [-0.05, 0) is 25.0 Å². The molecule has 0 aromatic heterocycles. The number of benzene rings is 1. The van der Waals surface area contributed by atoms with Crippen LogP contribution in [-0.4, -0.2) is 35.1 Å². The third kappa shape index (κ3) is 3.62. The van der Waals surface area contributed by atoms with Crippen molar-refractivity contribution in [3.8, 4) is 0 Å². The van der Waals surface area contributed by atoms with Crippen molar-refractivity contribution >= 4 is 17.6 Å². The Kier molecular flexibility index (Phi) is 4.97. The number of likely N-dealkylation sites (tertiary alicyclic amines) is 1. The molecule has 21 heavy (non-hydrogen) atoms. The molecule has 0 spiro atoms. The lowest BCUT2D eigenvalue weighted by Crippen LogP contribution is -2.36. The van der Waals surface area contributed by atoms with Gasteiger partial charge in [0.05, 0.1) is 11.3 Å². The van der Waals surface area contributed by atoms with E-state index in [9.17, 15) is 9.18 Å². The molecule has 6 nitrogen and oxygen atoms in total. The number of nitrogens with zero attached hydrogens (tertiary/aromatic N) is 2. The average molecular weight is 294 g/mol. The number of urea groups is 1. The van der Waals surface area contributed by atoms with Gasteiger partial charge in [-0.3, -0.25) is 0 Å². The van der Waals surface area contributed by atoms with E-state index in [1.54, 1.807) is 4.90 Å². The van der Waals surface area contributed by atoms with Gasteiger partial charge >= 0.3 is 6.03 Å². The van der Waals surface area contributed by atoms with Crippen LogP contribution in [0.2, 0.25) is 0 Å². The Morgan fingerprint density at radius 3 is 2.57 bits per heavy atom. The van der Waals surface area contributed by atoms with Crippen LogP contribution in [0.4, 0.5) is 14.9 Å². The van der Waals surface area contributed by atoms with Gasteiger partial charge in [-0.25, -0.2) is 9.18 Å². The fraction of sp³-hybridized carbons (Fsp3) is 0.429. The molecule has 1 aliphatic rings. The van der Waals surface area contributed by atoms with Crippen LogP contribution in [0.1, 0.15) is 31.2 Å². The van der Waals surface area contributed by atoms with Crippen LogP contribution in [0.15, 0.2) is 23.4 Å². The Hall–Kier alpha value is -2.31. The highest BCUT2D eigenvalue weighted by atomic mass is 19.1. The van der Waals surface area contributed by atoms with Crippen molar-refractivity contribution in [1.82, 2.24) is 4.90 Å². The Morgan fingerprint density at radius 1 is 1.29 bits per heavy atom. The molecule has 0 unspecified atom stereocenters. The number of amidine groups is 1. The molecule has 0 atom stereocenters. The largest absolute Gasteiger partial charge is 0.409 e. The van der Waals surface area contributed by atoms with Crippen molar-refractivity contribution in [3.05, 3.63) is 29.6 Å². The van der Waals surface area contributed by atoms with Gasteiger partial charge in [-0.15, -0.1) is 0 Å². The number of anilines is 1. The number of carbonyl (C=O) groups excluding carboxylic acids is 1. The lowest BCUT2D eigenvalue weighted by atomic mass is 10.1. The normalized spacial score (nSPS) is 16.4. The quantitative estimate of drug-likeness (QED) is 0.338. The third-order valence-electron chi connectivity index (χ3n) is 3.51. The summed E-state index contributed by atoms with van der Waals surface area (Å²) in [4.78, 5) is 13.9. The molecular weight excluding hydrogens is 275 g/mol. The Morgan fingerprint density at radius 2 is 1.95 bits per heavy atom. The van der Waals surface area contributed by atoms with Gasteiger partial charge < -0.3 is 21.2 Å². The average Bonchev–Trinajstić information content (AvgIpc) is 2.76. The van der Waals surface area contributed by atoms with Gasteiger partial charge in [0.2, 0.25) is 0 Å². The molecule has 2 amide bonds. The van der Waals surface area contributed by atoms with Crippen LogP contribution in [0, 0.1) is 5.82 Å². The molecule has 2 rings (SSSR count). The van der Waals surface area contributed by atoms with Crippen LogP contribution >= 0.6 is 0 Å². The molecule has 114 valence electrons. The molecule has 0 radical (unpaired) electrons. The van der Waals surface area contributed by atoms with Gasteiger partial charge in [-0.2, -0.15) is 0 Å². The maximum atomic E-state index is 13.8. The molecule has 4 N–H and O–H groups in total. The van der Waals surface area contributed by atoms with E-state index in [0.29, 0.717) is 13.1 Å². The molecule has 0 aliphatic carbocycles. The minimum absolute atomic E-state index is 0.108. The zero-order valence-electron chi connectivity index (χ0n) is 11.7. The number of halogens is 1. The van der Waals surface area contributed by atoms with E-state index in [1.165, 1.54) is 18.2 Å². The van der Waals surface area contributed by atoms with E-state index in [-0.39, 0.29) is 23.1 Å². The Labute approximate surface area is 122 Å². The first-order valence-corrected chi connectivity index (χ1v) is 6.96. The molecule has 1 saturated heterocycles. The van der Waals surface area contributed by atoms with Gasteiger partial charge in [0, 0.05) is 13.1 Å². The summed E-state index contributed by atoms with van der Waals surface area (Å²) in [6.45, 7) is 1.36. The van der Waals surface area contributed by atoms with E-state index in [0.717, 1.165) is 25.7 Å². The number of amides is 2. The number of nitrogens with two attached hydrogens (primary N) is 1. The Balaban J connectivity index is 2.19. The number of carbonyl (C=O) groups is 1. The van der Waals surface area contributed by atoms with E-state index in [2.05, 4.69) is 10.5 Å². The fourth-order valence-electron chi connectivity index (χ4n) is 2.41. The lowest BCUT2D eigenvalue weighted by molar-refractivity contribution is 0.213. The van der Waals surface area contributed by atoms with Crippen LogP contribution in [0.5, 0.6) is 0 Å². The standard InChI is InChI=1S/C14H19FN4O2/c15-10-6-5-7-11(12(10)13(16)18-21)17-14(20)19-8-3-1-2-4-9-19/h5-7,21H,1-4,8-9H2,(H2,16,18)(H,17,20). The summed E-state index contributed by atoms with van der Waals surface area (Å²) in [7, 11) is 0. The second-order valence-corrected chi connectivity index (χ2v) is 4.98. The molecule has 7 heteroatoms. The molecular formula is C14H19FN4O2. The second kappa shape index (κ2) is 6.92. The minimum atomic E-state index is -0.654. The zero-order chi connectivity index (χ0) is 15.2. The first-order valence-electron chi connectivity index (χ1n) is 6.96. The van der Waals surface area contributed by atoms with Crippen molar-refractivity contribution in [1.29, 1.82) is 0 Å². The summed E-state index contributed by atoms with van der Waals surface area (Å²) in [5, 5.41) is 14.2. The summed E-state index contributed by atoms with van der Waals surface area (Å²) in [6, 6.07) is 3.87. The summed E-state index contributed by atoms with van der Waals surface area (Å²) >= 11 is 0. The maximum absolute atomic E-state index is 13.8. The third-order valence-corrected chi connectivity index (χ3v) is 3.51. The number of rotatable bonds is 2. The van der Waals surface area contributed by atoms with E-state index >= 15 is 0 Å². The van der Waals surface area contributed by atoms with Crippen LogP contribution in [0.25, 0.3) is 0 Å². The second-order valence-electron chi connectivity index (χ2n) is 4.98. The highest BCUT2D eigenvalue weighted by molar-refractivity contribution is 6.05. The topological polar surface area (TPSA) is 91.0 Å². The van der Waals surface area contributed by atoms with E-state index in [4.69, 9.17) is 10.9 Å². The predicted molar refractivity (Wildman–Crippen MR) is 78.0 cm³/mol. The molecule has 1 heterocycles. The summed E-state index contributed by atoms with van der Waals surface area (Å²) in [5.74, 6) is -1.03. The lowest BCUT2D eigenvalue weighted by Gasteiger charge is -2.21. The van der Waals surface area contributed by atoms with Crippen LogP contribution < -0.4 is 11.1 Å². The molecule has 1 aromatic rings. The molecule has 1 fully saturated rings. The molecule has 0 bridgehead atoms. The number of hydrogen-bond acceptors (Lipinski definition) is 3. The summed E-state index contributed by atoms with van der Waals surface area (Å²) in [5.41, 5.74) is 5.56. The van der Waals surface area contributed by atoms with E-state index < -0.39 is 5.82 Å². The highest BCUT2D eigenvalue weighted by Gasteiger charge is 2.19. The molecule has 0 saturated carbocycles. The van der Waals surface area contributed by atoms with Gasteiger partial charge in [-0.1, -0.05) is 24.1 Å². The SMILES string of the molecule is NC(=NO)c1c(F)cccc1NC(=O)N1CCCCCC1. The highest BCUT2D eigenvalue weighted by Crippen LogP contribution is 2.20. The van der Waals surface area contributed by atoms with Crippen molar-refractivity contribution < 1.29 is 14.4 Å². The summed E-state index contributed by atoms with van der Waals surface area (Å²) in [6.07, 6.45) is 4.14. The van der Waals surface area contributed by atoms with Crippen molar-refractivity contribution in [2.24, 2.45) is 10.9 Å². The smallest absolute Gasteiger partial charge is 0.321 e. The predicted octanol–water partition coefficient (Wildman–Crippen LogP) is 2.33. The first kappa shape index (κ1) is 15.1. The molecule has 1 aromatic carbocycles. The zero-order valence-corrected chi connectivity index (χ0v) is 11.7. The van der Waals surface area contributed by atoms with Crippen molar-refractivity contribution in [3.63, 3.8) is 0 Å². The number of oxime groups is 1. The van der Waals surface area contributed by atoms with Gasteiger partial charge in [0.1, 0.15) is 5.82 Å². The van der Waals surface area contributed by atoms with Crippen LogP contribution in [-0.2, 0) is 0 Å². The maximum Gasteiger partial charge on any atom is 0.321 e. The van der Waals surface area contributed by atoms with E-state index in [1.807, 2.05) is 0 Å². The van der Waals surface area contributed by atoms with Crippen molar-refractivity contribution in [2.45, 2.75) is 25.7 Å². The fourth-order valence-corrected chi connectivity index (χ4v) is 2.41.